The molecule has 0 radical (unpaired) electrons. The van der Waals surface area contributed by atoms with Gasteiger partial charge in [0.1, 0.15) is 5.82 Å². The maximum Gasteiger partial charge on any atom is 0.258 e. The number of fused-ring (bicyclic) bond motifs is 1. The second-order valence-electron chi connectivity index (χ2n) is 4.22. The molecule has 0 spiro atoms. The largest absolute Gasteiger partial charge is 0.309 e. The zero-order valence-corrected chi connectivity index (χ0v) is 10.4. The van der Waals surface area contributed by atoms with Crippen molar-refractivity contribution >= 4 is 10.9 Å². The Labute approximate surface area is 100 Å². The molecule has 2 aromatic rings. The third-order valence-electron chi connectivity index (χ3n) is 3.19. The fourth-order valence-electron chi connectivity index (χ4n) is 1.78. The van der Waals surface area contributed by atoms with Crippen molar-refractivity contribution < 1.29 is 0 Å². The van der Waals surface area contributed by atoms with Crippen LogP contribution < -0.4 is 5.56 Å². The number of hydrogen-bond acceptors (Lipinski definition) is 3. The van der Waals surface area contributed by atoms with Gasteiger partial charge < -0.3 is 4.98 Å². The maximum atomic E-state index is 11.9. The van der Waals surface area contributed by atoms with Crippen LogP contribution in [0.4, 0.5) is 0 Å². The Morgan fingerprint density at radius 3 is 2.82 bits per heavy atom. The first-order chi connectivity index (χ1) is 8.13. The SMILES string of the molecule is CCN(C)[C@H](C)c1nc2ccccc2c(=O)[nH]1. The van der Waals surface area contributed by atoms with Gasteiger partial charge >= 0.3 is 0 Å². The van der Waals surface area contributed by atoms with Crippen molar-refractivity contribution in [2.75, 3.05) is 13.6 Å². The van der Waals surface area contributed by atoms with Crippen LogP contribution in [0.2, 0.25) is 0 Å². The number of nitrogens with zero attached hydrogens (tertiary/aromatic N) is 2. The van der Waals surface area contributed by atoms with Gasteiger partial charge in [0.2, 0.25) is 0 Å². The molecule has 0 saturated heterocycles. The molecule has 0 unspecified atom stereocenters. The average molecular weight is 231 g/mol. The topological polar surface area (TPSA) is 49.0 Å². The zero-order chi connectivity index (χ0) is 12.4. The van der Waals surface area contributed by atoms with Gasteiger partial charge in [-0.25, -0.2) is 4.98 Å². The van der Waals surface area contributed by atoms with E-state index in [1.54, 1.807) is 6.07 Å². The molecular weight excluding hydrogens is 214 g/mol. The Hall–Kier alpha value is -1.68. The number of nitrogens with one attached hydrogen (secondary N) is 1. The van der Waals surface area contributed by atoms with E-state index in [1.807, 2.05) is 32.2 Å². The van der Waals surface area contributed by atoms with Gasteiger partial charge in [-0.2, -0.15) is 0 Å². The third-order valence-corrected chi connectivity index (χ3v) is 3.19. The Morgan fingerprint density at radius 1 is 1.41 bits per heavy atom. The van der Waals surface area contributed by atoms with Crippen LogP contribution in [-0.2, 0) is 0 Å². The second kappa shape index (κ2) is 4.67. The van der Waals surface area contributed by atoms with E-state index in [0.29, 0.717) is 5.39 Å². The molecule has 0 amide bonds. The van der Waals surface area contributed by atoms with Crippen LogP contribution in [-0.4, -0.2) is 28.5 Å². The molecule has 4 nitrogen and oxygen atoms in total. The number of rotatable bonds is 3. The number of H-pyrrole nitrogens is 1. The highest BCUT2D eigenvalue weighted by Crippen LogP contribution is 2.15. The van der Waals surface area contributed by atoms with E-state index in [1.165, 1.54) is 0 Å². The summed E-state index contributed by atoms with van der Waals surface area (Å²) in [4.78, 5) is 21.4. The minimum Gasteiger partial charge on any atom is -0.309 e. The summed E-state index contributed by atoms with van der Waals surface area (Å²) in [5.41, 5.74) is 0.685. The van der Waals surface area contributed by atoms with Crippen molar-refractivity contribution in [3.8, 4) is 0 Å². The first-order valence-corrected chi connectivity index (χ1v) is 5.82. The van der Waals surface area contributed by atoms with Crippen LogP contribution in [0.25, 0.3) is 10.9 Å². The number of benzene rings is 1. The Kier molecular flexibility index (Phi) is 3.24. The van der Waals surface area contributed by atoms with Crippen molar-refractivity contribution in [1.82, 2.24) is 14.9 Å². The lowest BCUT2D eigenvalue weighted by Crippen LogP contribution is -2.25. The summed E-state index contributed by atoms with van der Waals surface area (Å²) in [5.74, 6) is 0.720. The van der Waals surface area contributed by atoms with Crippen LogP contribution >= 0.6 is 0 Å². The molecule has 0 aliphatic rings. The summed E-state index contributed by atoms with van der Waals surface area (Å²) in [7, 11) is 2.01. The lowest BCUT2D eigenvalue weighted by molar-refractivity contribution is 0.266. The molecule has 0 aliphatic carbocycles. The summed E-state index contributed by atoms with van der Waals surface area (Å²) in [6, 6.07) is 7.51. The predicted octanol–water partition coefficient (Wildman–Crippen LogP) is 1.94. The van der Waals surface area contributed by atoms with E-state index in [-0.39, 0.29) is 11.6 Å². The summed E-state index contributed by atoms with van der Waals surface area (Å²) in [6.45, 7) is 5.03. The van der Waals surface area contributed by atoms with E-state index >= 15 is 0 Å². The maximum absolute atomic E-state index is 11.9. The Morgan fingerprint density at radius 2 is 2.12 bits per heavy atom. The minimum absolute atomic E-state index is 0.0676. The van der Waals surface area contributed by atoms with Gasteiger partial charge in [-0.3, -0.25) is 9.69 Å². The van der Waals surface area contributed by atoms with Crippen molar-refractivity contribution in [2.45, 2.75) is 19.9 Å². The molecule has 17 heavy (non-hydrogen) atoms. The van der Waals surface area contributed by atoms with E-state index in [0.717, 1.165) is 17.9 Å². The van der Waals surface area contributed by atoms with Gasteiger partial charge in [0, 0.05) is 0 Å². The summed E-state index contributed by atoms with van der Waals surface area (Å²) in [6.07, 6.45) is 0. The molecule has 0 aliphatic heterocycles. The lowest BCUT2D eigenvalue weighted by Gasteiger charge is -2.22. The Balaban J connectivity index is 2.54. The minimum atomic E-state index is -0.0676. The number of aromatic nitrogens is 2. The first-order valence-electron chi connectivity index (χ1n) is 5.82. The summed E-state index contributed by atoms with van der Waals surface area (Å²) < 4.78 is 0. The Bertz CT molecular complexity index is 576. The van der Waals surface area contributed by atoms with Crippen molar-refractivity contribution in [3.63, 3.8) is 0 Å². The predicted molar refractivity (Wildman–Crippen MR) is 69.1 cm³/mol. The summed E-state index contributed by atoms with van der Waals surface area (Å²) in [5, 5.41) is 0.641. The van der Waals surface area contributed by atoms with E-state index in [2.05, 4.69) is 21.8 Å². The van der Waals surface area contributed by atoms with Gasteiger partial charge in [0.25, 0.3) is 5.56 Å². The fourth-order valence-corrected chi connectivity index (χ4v) is 1.78. The summed E-state index contributed by atoms with van der Waals surface area (Å²) >= 11 is 0. The molecule has 0 saturated carbocycles. The highest BCUT2D eigenvalue weighted by atomic mass is 16.1. The van der Waals surface area contributed by atoms with Crippen LogP contribution in [0.3, 0.4) is 0 Å². The molecular formula is C13H17N3O. The van der Waals surface area contributed by atoms with Crippen LogP contribution in [0.5, 0.6) is 0 Å². The van der Waals surface area contributed by atoms with Gasteiger partial charge in [-0.05, 0) is 32.6 Å². The number of aromatic amines is 1. The number of hydrogen-bond donors (Lipinski definition) is 1. The van der Waals surface area contributed by atoms with Crippen molar-refractivity contribution in [1.29, 1.82) is 0 Å². The van der Waals surface area contributed by atoms with Crippen LogP contribution in [0.15, 0.2) is 29.1 Å². The molecule has 90 valence electrons. The molecule has 4 heteroatoms. The van der Waals surface area contributed by atoms with Crippen LogP contribution in [0, 0.1) is 0 Å². The molecule has 1 N–H and O–H groups in total. The second-order valence-corrected chi connectivity index (χ2v) is 4.22. The highest BCUT2D eigenvalue weighted by molar-refractivity contribution is 5.77. The molecule has 0 fully saturated rings. The van der Waals surface area contributed by atoms with E-state index in [4.69, 9.17) is 0 Å². The molecule has 1 aromatic carbocycles. The third kappa shape index (κ3) is 2.22. The average Bonchev–Trinajstić information content (AvgIpc) is 2.37. The van der Waals surface area contributed by atoms with Gasteiger partial charge in [-0.1, -0.05) is 19.1 Å². The molecule has 0 bridgehead atoms. The quantitative estimate of drug-likeness (QED) is 0.878. The molecule has 1 atom stereocenters. The monoisotopic (exact) mass is 231 g/mol. The standard InChI is InChI=1S/C13H17N3O/c1-4-16(3)9(2)12-14-11-8-6-5-7-10(11)13(17)15-12/h5-9H,4H2,1-3H3,(H,14,15,17)/t9-/m1/s1. The van der Waals surface area contributed by atoms with E-state index in [9.17, 15) is 4.79 Å². The molecule has 2 rings (SSSR count). The zero-order valence-electron chi connectivity index (χ0n) is 10.4. The van der Waals surface area contributed by atoms with Gasteiger partial charge in [0.15, 0.2) is 0 Å². The highest BCUT2D eigenvalue weighted by Gasteiger charge is 2.13. The lowest BCUT2D eigenvalue weighted by atomic mass is 10.2. The van der Waals surface area contributed by atoms with Gasteiger partial charge in [0.05, 0.1) is 16.9 Å². The smallest absolute Gasteiger partial charge is 0.258 e. The van der Waals surface area contributed by atoms with Gasteiger partial charge in [-0.15, -0.1) is 0 Å². The van der Waals surface area contributed by atoms with Crippen molar-refractivity contribution in [2.24, 2.45) is 0 Å². The van der Waals surface area contributed by atoms with E-state index < -0.39 is 0 Å². The molecule has 1 heterocycles. The normalized spacial score (nSPS) is 13.2. The fraction of sp³-hybridized carbons (Fsp3) is 0.385. The number of para-hydroxylation sites is 1. The molecule has 1 aromatic heterocycles. The van der Waals surface area contributed by atoms with Crippen LogP contribution in [0.1, 0.15) is 25.7 Å². The van der Waals surface area contributed by atoms with Crippen molar-refractivity contribution in [3.05, 3.63) is 40.4 Å². The first kappa shape index (κ1) is 11.8.